The lowest BCUT2D eigenvalue weighted by Gasteiger charge is -2.08. The molecule has 3 aromatic rings. The van der Waals surface area contributed by atoms with Gasteiger partial charge in [0, 0.05) is 30.8 Å². The van der Waals surface area contributed by atoms with E-state index in [9.17, 15) is 10.1 Å². The fraction of sp³-hybridized carbons (Fsp3) is 0.158. The zero-order chi connectivity index (χ0) is 18.4. The molecule has 26 heavy (non-hydrogen) atoms. The van der Waals surface area contributed by atoms with Crippen LogP contribution in [0.1, 0.15) is 5.76 Å². The second-order valence-electron chi connectivity index (χ2n) is 5.66. The second-order valence-corrected chi connectivity index (χ2v) is 6.06. The van der Waals surface area contributed by atoms with Crippen LogP contribution in [0.5, 0.6) is 0 Å². The average molecular weight is 372 g/mol. The minimum Gasteiger partial charge on any atom is -0.460 e. The van der Waals surface area contributed by atoms with Crippen LogP contribution >= 0.6 is 11.6 Å². The minimum atomic E-state index is -0.468. The molecule has 0 atom stereocenters. The second kappa shape index (κ2) is 8.51. The van der Waals surface area contributed by atoms with E-state index in [0.717, 1.165) is 17.1 Å². The molecule has 134 valence electrons. The van der Waals surface area contributed by atoms with Crippen molar-refractivity contribution in [3.63, 3.8) is 0 Å². The molecule has 6 nitrogen and oxygen atoms in total. The third-order valence-electron chi connectivity index (χ3n) is 3.80. The van der Waals surface area contributed by atoms with Crippen LogP contribution in [-0.2, 0) is 6.54 Å². The summed E-state index contributed by atoms with van der Waals surface area (Å²) < 4.78 is 5.82. The predicted molar refractivity (Wildman–Crippen MR) is 102 cm³/mol. The molecule has 0 unspecified atom stereocenters. The monoisotopic (exact) mass is 371 g/mol. The van der Waals surface area contributed by atoms with Gasteiger partial charge in [0.1, 0.15) is 11.5 Å². The normalized spacial score (nSPS) is 10.7. The first-order chi connectivity index (χ1) is 12.6. The minimum absolute atomic E-state index is 0.0225. The van der Waals surface area contributed by atoms with Crippen LogP contribution < -0.4 is 10.6 Å². The van der Waals surface area contributed by atoms with Crippen molar-refractivity contribution in [1.82, 2.24) is 5.32 Å². The van der Waals surface area contributed by atoms with Gasteiger partial charge < -0.3 is 15.1 Å². The molecule has 1 aromatic heterocycles. The highest BCUT2D eigenvalue weighted by Crippen LogP contribution is 2.26. The summed E-state index contributed by atoms with van der Waals surface area (Å²) in [6.45, 7) is 1.93. The van der Waals surface area contributed by atoms with Gasteiger partial charge in [-0.1, -0.05) is 41.9 Å². The number of benzene rings is 2. The molecule has 0 aliphatic carbocycles. The Hall–Kier alpha value is -2.83. The molecule has 0 bridgehead atoms. The molecule has 0 fully saturated rings. The zero-order valence-corrected chi connectivity index (χ0v) is 14.7. The molecular weight excluding hydrogens is 354 g/mol. The Morgan fingerprint density at radius 2 is 1.85 bits per heavy atom. The molecule has 0 saturated carbocycles. The van der Waals surface area contributed by atoms with E-state index in [4.69, 9.17) is 16.0 Å². The van der Waals surface area contributed by atoms with Crippen LogP contribution in [0.2, 0.25) is 5.02 Å². The Balaban J connectivity index is 1.44. The number of hydrogen-bond acceptors (Lipinski definition) is 5. The number of non-ortho nitro benzene ring substituents is 1. The molecule has 0 aliphatic rings. The van der Waals surface area contributed by atoms with Gasteiger partial charge in [0.2, 0.25) is 0 Å². The highest BCUT2D eigenvalue weighted by molar-refractivity contribution is 6.33. The number of rotatable bonds is 8. The van der Waals surface area contributed by atoms with Crippen LogP contribution in [0.3, 0.4) is 0 Å². The van der Waals surface area contributed by atoms with E-state index in [2.05, 4.69) is 10.6 Å². The largest absolute Gasteiger partial charge is 0.460 e. The molecule has 2 aromatic carbocycles. The molecule has 1 heterocycles. The number of halogens is 1. The summed E-state index contributed by atoms with van der Waals surface area (Å²) in [6, 6.07) is 18.2. The molecule has 2 N–H and O–H groups in total. The van der Waals surface area contributed by atoms with Gasteiger partial charge in [0.25, 0.3) is 5.69 Å². The summed E-state index contributed by atoms with van der Waals surface area (Å²) in [7, 11) is 0. The predicted octanol–water partition coefficient (Wildman–Crippen LogP) is 4.71. The Morgan fingerprint density at radius 3 is 2.58 bits per heavy atom. The number of anilines is 1. The molecule has 0 aliphatic heterocycles. The van der Waals surface area contributed by atoms with Crippen molar-refractivity contribution < 1.29 is 9.34 Å². The summed E-state index contributed by atoms with van der Waals surface area (Å²) in [6.07, 6.45) is 0. The first-order valence-corrected chi connectivity index (χ1v) is 8.54. The topological polar surface area (TPSA) is 80.3 Å². The van der Waals surface area contributed by atoms with Gasteiger partial charge in [-0.25, -0.2) is 0 Å². The third-order valence-corrected chi connectivity index (χ3v) is 4.11. The van der Waals surface area contributed by atoms with Gasteiger partial charge in [0.15, 0.2) is 0 Å². The molecular formula is C19H18ClN3O3. The van der Waals surface area contributed by atoms with E-state index in [1.54, 1.807) is 6.07 Å². The first-order valence-electron chi connectivity index (χ1n) is 8.16. The number of nitrogens with one attached hydrogen (secondary N) is 2. The lowest BCUT2D eigenvalue weighted by molar-refractivity contribution is -0.384. The Labute approximate surface area is 155 Å². The fourth-order valence-electron chi connectivity index (χ4n) is 2.49. The van der Waals surface area contributed by atoms with E-state index < -0.39 is 4.92 Å². The van der Waals surface area contributed by atoms with Crippen molar-refractivity contribution in [3.8, 4) is 11.3 Å². The van der Waals surface area contributed by atoms with Crippen LogP contribution in [0.4, 0.5) is 11.4 Å². The van der Waals surface area contributed by atoms with Gasteiger partial charge in [0.05, 0.1) is 22.2 Å². The maximum absolute atomic E-state index is 10.7. The lowest BCUT2D eigenvalue weighted by Crippen LogP contribution is -2.21. The number of nitro groups is 1. The smallest absolute Gasteiger partial charge is 0.271 e. The number of furan rings is 1. The average Bonchev–Trinajstić information content (AvgIpc) is 3.12. The van der Waals surface area contributed by atoms with E-state index >= 15 is 0 Å². The molecule has 3 rings (SSSR count). The van der Waals surface area contributed by atoms with E-state index in [0.29, 0.717) is 30.3 Å². The van der Waals surface area contributed by atoms with Crippen LogP contribution in [0.25, 0.3) is 11.3 Å². The number of nitro benzene ring substituents is 1. The maximum atomic E-state index is 10.7. The summed E-state index contributed by atoms with van der Waals surface area (Å²) in [5.41, 5.74) is 1.70. The standard InChI is InChI=1S/C19H18ClN3O3/c20-17-12-15(23(24)25)6-8-18(17)22-11-10-21-13-16-7-9-19(26-16)14-4-2-1-3-5-14/h1-9,12,21-22H,10-11,13H2. The van der Waals surface area contributed by atoms with Crippen LogP contribution in [0, 0.1) is 10.1 Å². The Kier molecular flexibility index (Phi) is 5.88. The van der Waals surface area contributed by atoms with Gasteiger partial charge in [-0.05, 0) is 18.2 Å². The van der Waals surface area contributed by atoms with Gasteiger partial charge in [-0.2, -0.15) is 0 Å². The van der Waals surface area contributed by atoms with E-state index in [1.807, 2.05) is 42.5 Å². The van der Waals surface area contributed by atoms with Crippen molar-refractivity contribution >= 4 is 23.0 Å². The molecule has 0 spiro atoms. The SMILES string of the molecule is O=[N+]([O-])c1ccc(NCCNCc2ccc(-c3ccccc3)o2)c(Cl)c1. The molecule has 0 amide bonds. The highest BCUT2D eigenvalue weighted by atomic mass is 35.5. The van der Waals surface area contributed by atoms with Crippen molar-refractivity contribution in [2.24, 2.45) is 0 Å². The summed E-state index contributed by atoms with van der Waals surface area (Å²) in [5.74, 6) is 1.70. The van der Waals surface area contributed by atoms with Crippen molar-refractivity contribution in [1.29, 1.82) is 0 Å². The Bertz CT molecular complexity index is 881. The van der Waals surface area contributed by atoms with Crippen molar-refractivity contribution in [3.05, 3.63) is 81.6 Å². The van der Waals surface area contributed by atoms with Gasteiger partial charge in [-0.15, -0.1) is 0 Å². The maximum Gasteiger partial charge on any atom is 0.271 e. The molecule has 7 heteroatoms. The summed E-state index contributed by atoms with van der Waals surface area (Å²) in [4.78, 5) is 10.2. The molecule has 0 saturated heterocycles. The van der Waals surface area contributed by atoms with Crippen LogP contribution in [-0.4, -0.2) is 18.0 Å². The third kappa shape index (κ3) is 4.62. The van der Waals surface area contributed by atoms with Gasteiger partial charge >= 0.3 is 0 Å². The molecule has 0 radical (unpaired) electrons. The highest BCUT2D eigenvalue weighted by Gasteiger charge is 2.09. The first kappa shape index (κ1) is 18.0. The quantitative estimate of drug-likeness (QED) is 0.340. The van der Waals surface area contributed by atoms with Gasteiger partial charge in [-0.3, -0.25) is 10.1 Å². The zero-order valence-electron chi connectivity index (χ0n) is 13.9. The number of nitrogens with zero attached hydrogens (tertiary/aromatic N) is 1. The van der Waals surface area contributed by atoms with Crippen molar-refractivity contribution in [2.75, 3.05) is 18.4 Å². The summed E-state index contributed by atoms with van der Waals surface area (Å²) in [5, 5.41) is 17.5. The fourth-order valence-corrected chi connectivity index (χ4v) is 2.73. The van der Waals surface area contributed by atoms with E-state index in [-0.39, 0.29) is 5.69 Å². The number of hydrogen-bond donors (Lipinski definition) is 2. The van der Waals surface area contributed by atoms with Crippen LogP contribution in [0.15, 0.2) is 65.1 Å². The van der Waals surface area contributed by atoms with E-state index in [1.165, 1.54) is 12.1 Å². The Morgan fingerprint density at radius 1 is 1.04 bits per heavy atom. The lowest BCUT2D eigenvalue weighted by atomic mass is 10.2. The summed E-state index contributed by atoms with van der Waals surface area (Å²) >= 11 is 6.04. The van der Waals surface area contributed by atoms with Crippen molar-refractivity contribution in [2.45, 2.75) is 6.54 Å².